The maximum atomic E-state index is 12.6. The van der Waals surface area contributed by atoms with E-state index in [9.17, 15) is 9.59 Å². The fourth-order valence-electron chi connectivity index (χ4n) is 2.44. The number of hydrogen-bond acceptors (Lipinski definition) is 5. The summed E-state index contributed by atoms with van der Waals surface area (Å²) in [6.45, 7) is 5.49. The zero-order chi connectivity index (χ0) is 15.3. The van der Waals surface area contributed by atoms with Gasteiger partial charge in [-0.25, -0.2) is 9.88 Å². The molecule has 1 aliphatic rings. The van der Waals surface area contributed by atoms with Crippen molar-refractivity contribution in [2.45, 2.75) is 26.8 Å². The van der Waals surface area contributed by atoms with Crippen molar-refractivity contribution in [3.63, 3.8) is 0 Å². The van der Waals surface area contributed by atoms with Gasteiger partial charge >= 0.3 is 0 Å². The third kappa shape index (κ3) is 1.99. The van der Waals surface area contributed by atoms with Crippen LogP contribution in [-0.4, -0.2) is 16.8 Å². The molecular formula is C15H15N3O2S. The highest BCUT2D eigenvalue weighted by Crippen LogP contribution is 2.34. The normalized spacial score (nSPS) is 15.5. The molecule has 5 nitrogen and oxygen atoms in total. The van der Waals surface area contributed by atoms with Crippen LogP contribution in [0.2, 0.25) is 0 Å². The van der Waals surface area contributed by atoms with Crippen LogP contribution in [0.3, 0.4) is 0 Å². The standard InChI is InChI=1S/C15H15N3O2S/c1-7-4-5-8(2)12-11(7)13(19)18(14(12)20)15-17-10(6-21-15)9(3)16/h4-6,9H,16H2,1-3H3. The van der Waals surface area contributed by atoms with E-state index in [4.69, 9.17) is 5.73 Å². The van der Waals surface area contributed by atoms with Crippen LogP contribution < -0.4 is 10.6 Å². The Morgan fingerprint density at radius 3 is 2.10 bits per heavy atom. The van der Waals surface area contributed by atoms with Crippen LogP contribution in [0.4, 0.5) is 5.13 Å². The highest BCUT2D eigenvalue weighted by atomic mass is 32.1. The Balaban J connectivity index is 2.11. The lowest BCUT2D eigenvalue weighted by Gasteiger charge is -2.09. The Bertz CT molecular complexity index is 723. The van der Waals surface area contributed by atoms with E-state index in [0.29, 0.717) is 22.0 Å². The molecular weight excluding hydrogens is 286 g/mol. The summed E-state index contributed by atoms with van der Waals surface area (Å²) in [5, 5.41) is 2.16. The third-order valence-corrected chi connectivity index (χ3v) is 4.47. The molecule has 0 fully saturated rings. The van der Waals surface area contributed by atoms with Crippen molar-refractivity contribution in [2.24, 2.45) is 5.73 Å². The van der Waals surface area contributed by atoms with E-state index in [1.807, 2.05) is 32.9 Å². The molecule has 3 rings (SSSR count). The number of benzene rings is 1. The highest BCUT2D eigenvalue weighted by molar-refractivity contribution is 7.14. The van der Waals surface area contributed by atoms with E-state index < -0.39 is 0 Å². The Morgan fingerprint density at radius 1 is 1.14 bits per heavy atom. The molecule has 0 bridgehead atoms. The van der Waals surface area contributed by atoms with Crippen LogP contribution in [0.5, 0.6) is 0 Å². The van der Waals surface area contributed by atoms with Crippen LogP contribution >= 0.6 is 11.3 Å². The molecule has 0 saturated heterocycles. The SMILES string of the molecule is Cc1ccc(C)c2c1C(=O)N(c1nc(C(C)N)cs1)C2=O. The predicted octanol–water partition coefficient (Wildman–Crippen LogP) is 2.58. The van der Waals surface area contributed by atoms with Gasteiger partial charge in [-0.05, 0) is 31.9 Å². The molecule has 1 aromatic heterocycles. The molecule has 2 amide bonds. The molecule has 1 aromatic carbocycles. The summed E-state index contributed by atoms with van der Waals surface area (Å²) < 4.78 is 0. The zero-order valence-corrected chi connectivity index (χ0v) is 12.8. The summed E-state index contributed by atoms with van der Waals surface area (Å²) in [4.78, 5) is 30.7. The Labute approximate surface area is 126 Å². The van der Waals surface area contributed by atoms with E-state index in [1.165, 1.54) is 11.3 Å². The summed E-state index contributed by atoms with van der Waals surface area (Å²) >= 11 is 1.26. The molecule has 2 aromatic rings. The number of nitrogens with zero attached hydrogens (tertiary/aromatic N) is 2. The summed E-state index contributed by atoms with van der Waals surface area (Å²) in [6.07, 6.45) is 0. The first-order chi connectivity index (χ1) is 9.91. The fraction of sp³-hybridized carbons (Fsp3) is 0.267. The van der Waals surface area contributed by atoms with Crippen LogP contribution in [0.15, 0.2) is 17.5 Å². The van der Waals surface area contributed by atoms with Crippen LogP contribution in [0.1, 0.15) is 50.5 Å². The summed E-state index contributed by atoms with van der Waals surface area (Å²) in [5.74, 6) is -0.608. The molecule has 0 spiro atoms. The molecule has 1 aliphatic heterocycles. The van der Waals surface area contributed by atoms with Crippen molar-refractivity contribution in [3.05, 3.63) is 45.5 Å². The molecule has 2 N–H and O–H groups in total. The molecule has 0 radical (unpaired) electrons. The maximum Gasteiger partial charge on any atom is 0.268 e. The lowest BCUT2D eigenvalue weighted by Crippen LogP contribution is -2.29. The largest absolute Gasteiger partial charge is 0.323 e. The monoisotopic (exact) mass is 301 g/mol. The van der Waals surface area contributed by atoms with E-state index in [2.05, 4.69) is 4.98 Å². The van der Waals surface area contributed by atoms with E-state index in [1.54, 1.807) is 5.38 Å². The summed E-state index contributed by atoms with van der Waals surface area (Å²) in [6, 6.07) is 3.49. The quantitative estimate of drug-likeness (QED) is 0.865. The average Bonchev–Trinajstić information content (AvgIpc) is 2.98. The van der Waals surface area contributed by atoms with Gasteiger partial charge in [-0.2, -0.15) is 0 Å². The summed E-state index contributed by atoms with van der Waals surface area (Å²) in [5.41, 5.74) is 9.04. The maximum absolute atomic E-state index is 12.6. The van der Waals surface area contributed by atoms with Crippen LogP contribution in [0, 0.1) is 13.8 Å². The van der Waals surface area contributed by atoms with Gasteiger partial charge in [0.15, 0.2) is 5.13 Å². The van der Waals surface area contributed by atoms with E-state index in [-0.39, 0.29) is 17.9 Å². The molecule has 0 aliphatic carbocycles. The van der Waals surface area contributed by atoms with Crippen molar-refractivity contribution < 1.29 is 9.59 Å². The second kappa shape index (κ2) is 4.75. The zero-order valence-electron chi connectivity index (χ0n) is 12.0. The van der Waals surface area contributed by atoms with Crippen molar-refractivity contribution in [1.29, 1.82) is 0 Å². The van der Waals surface area contributed by atoms with Crippen molar-refractivity contribution in [2.75, 3.05) is 4.90 Å². The molecule has 0 saturated carbocycles. The number of carbonyl (C=O) groups is 2. The average molecular weight is 301 g/mol. The van der Waals surface area contributed by atoms with Gasteiger partial charge in [-0.15, -0.1) is 11.3 Å². The molecule has 21 heavy (non-hydrogen) atoms. The minimum atomic E-state index is -0.304. The Morgan fingerprint density at radius 2 is 1.67 bits per heavy atom. The van der Waals surface area contributed by atoms with Gasteiger partial charge in [-0.3, -0.25) is 9.59 Å². The molecule has 108 valence electrons. The van der Waals surface area contributed by atoms with Crippen molar-refractivity contribution in [1.82, 2.24) is 4.98 Å². The third-order valence-electron chi connectivity index (χ3n) is 3.62. The highest BCUT2D eigenvalue weighted by Gasteiger charge is 2.40. The van der Waals surface area contributed by atoms with Gasteiger partial charge in [0, 0.05) is 11.4 Å². The number of aryl methyl sites for hydroxylation is 2. The van der Waals surface area contributed by atoms with Crippen molar-refractivity contribution in [3.8, 4) is 0 Å². The first-order valence-electron chi connectivity index (χ1n) is 6.61. The number of carbonyl (C=O) groups excluding carboxylic acids is 2. The van der Waals surface area contributed by atoms with Gasteiger partial charge < -0.3 is 5.73 Å². The number of anilines is 1. The Kier molecular flexibility index (Phi) is 3.15. The minimum absolute atomic E-state index is 0.228. The number of nitrogens with two attached hydrogens (primary N) is 1. The van der Waals surface area contributed by atoms with Crippen LogP contribution in [0.25, 0.3) is 0 Å². The van der Waals surface area contributed by atoms with E-state index in [0.717, 1.165) is 16.0 Å². The van der Waals surface area contributed by atoms with Gasteiger partial charge in [-0.1, -0.05) is 12.1 Å². The number of thiazole rings is 1. The number of hydrogen-bond donors (Lipinski definition) is 1. The lowest BCUT2D eigenvalue weighted by molar-refractivity contribution is 0.0926. The topological polar surface area (TPSA) is 76.3 Å². The number of fused-ring (bicyclic) bond motifs is 1. The second-order valence-corrected chi connectivity index (χ2v) is 6.08. The molecule has 6 heteroatoms. The molecule has 2 heterocycles. The first kappa shape index (κ1) is 13.9. The van der Waals surface area contributed by atoms with Gasteiger partial charge in [0.05, 0.1) is 16.8 Å². The second-order valence-electron chi connectivity index (χ2n) is 5.24. The van der Waals surface area contributed by atoms with Crippen molar-refractivity contribution >= 4 is 28.3 Å². The Hall–Kier alpha value is -2.05. The van der Waals surface area contributed by atoms with Gasteiger partial charge in [0.1, 0.15) is 0 Å². The molecule has 1 unspecified atom stereocenters. The predicted molar refractivity (Wildman–Crippen MR) is 81.8 cm³/mol. The number of imide groups is 1. The number of rotatable bonds is 2. The lowest BCUT2D eigenvalue weighted by atomic mass is 9.99. The molecule has 1 atom stereocenters. The first-order valence-corrected chi connectivity index (χ1v) is 7.49. The van der Waals surface area contributed by atoms with Crippen LogP contribution in [-0.2, 0) is 0 Å². The summed E-state index contributed by atoms with van der Waals surface area (Å²) in [7, 11) is 0. The number of aromatic nitrogens is 1. The van der Waals surface area contributed by atoms with Gasteiger partial charge in [0.2, 0.25) is 0 Å². The van der Waals surface area contributed by atoms with Gasteiger partial charge in [0.25, 0.3) is 11.8 Å². The number of amides is 2. The fourth-order valence-corrected chi connectivity index (χ4v) is 3.36. The smallest absolute Gasteiger partial charge is 0.268 e. The van der Waals surface area contributed by atoms with E-state index >= 15 is 0 Å². The minimum Gasteiger partial charge on any atom is -0.323 e.